The molecule has 2 aromatic carbocycles. The van der Waals surface area contributed by atoms with Crippen LogP contribution in [0.25, 0.3) is 0 Å². The molecule has 3 atom stereocenters. The van der Waals surface area contributed by atoms with Crippen molar-refractivity contribution in [2.24, 2.45) is 22.4 Å². The first-order valence-corrected chi connectivity index (χ1v) is 11.3. The van der Waals surface area contributed by atoms with Crippen molar-refractivity contribution in [3.05, 3.63) is 57.6 Å². The van der Waals surface area contributed by atoms with Crippen molar-refractivity contribution < 1.29 is 14.3 Å². The van der Waals surface area contributed by atoms with Gasteiger partial charge in [0.2, 0.25) is 5.91 Å². The minimum absolute atomic E-state index is 0.0254. The van der Waals surface area contributed by atoms with Gasteiger partial charge < -0.3 is 9.47 Å². The van der Waals surface area contributed by atoms with E-state index in [-0.39, 0.29) is 23.8 Å². The van der Waals surface area contributed by atoms with Crippen molar-refractivity contribution >= 4 is 35.3 Å². The molecule has 1 amide bonds. The van der Waals surface area contributed by atoms with Gasteiger partial charge in [-0.1, -0.05) is 49.0 Å². The normalized spacial score (nSPS) is 24.5. The number of carbonyl (C=O) groups is 1. The van der Waals surface area contributed by atoms with E-state index >= 15 is 0 Å². The summed E-state index contributed by atoms with van der Waals surface area (Å²) in [6.45, 7) is 2.52. The lowest BCUT2D eigenvalue weighted by molar-refractivity contribution is -0.123. The Morgan fingerprint density at radius 3 is 2.77 bits per heavy atom. The molecule has 164 valence electrons. The van der Waals surface area contributed by atoms with Crippen LogP contribution in [-0.2, 0) is 11.4 Å². The van der Waals surface area contributed by atoms with Crippen LogP contribution in [0.3, 0.4) is 0 Å². The van der Waals surface area contributed by atoms with Crippen LogP contribution in [0.4, 0.5) is 0 Å². The zero-order valence-electron chi connectivity index (χ0n) is 17.7. The van der Waals surface area contributed by atoms with E-state index < -0.39 is 0 Å². The number of hydrogen-bond acceptors (Lipinski definition) is 4. The van der Waals surface area contributed by atoms with Gasteiger partial charge in [-0.2, -0.15) is 5.10 Å². The highest BCUT2D eigenvalue weighted by molar-refractivity contribution is 6.35. The number of rotatable bonds is 7. The predicted molar refractivity (Wildman–Crippen MR) is 123 cm³/mol. The van der Waals surface area contributed by atoms with E-state index in [1.54, 1.807) is 25.5 Å². The smallest absolute Gasteiger partial charge is 0.244 e. The molecular weight excluding hydrogens is 435 g/mol. The van der Waals surface area contributed by atoms with Gasteiger partial charge in [-0.25, -0.2) is 5.43 Å². The fraction of sp³-hybridized carbons (Fsp3) is 0.417. The van der Waals surface area contributed by atoms with E-state index in [2.05, 4.69) is 17.5 Å². The average molecular weight is 461 g/mol. The molecule has 0 spiro atoms. The number of benzene rings is 2. The number of hydrogen-bond donors (Lipinski definition) is 1. The van der Waals surface area contributed by atoms with Crippen LogP contribution in [-0.4, -0.2) is 19.2 Å². The molecule has 2 fully saturated rings. The molecule has 31 heavy (non-hydrogen) atoms. The van der Waals surface area contributed by atoms with Gasteiger partial charge in [0, 0.05) is 21.5 Å². The maximum Gasteiger partial charge on any atom is 0.244 e. The molecule has 0 bridgehead atoms. The lowest BCUT2D eigenvalue weighted by Gasteiger charge is -2.15. The summed E-state index contributed by atoms with van der Waals surface area (Å²) in [6, 6.07) is 10.8. The Morgan fingerprint density at radius 2 is 2.06 bits per heavy atom. The average Bonchev–Trinajstić information content (AvgIpc) is 3.39. The molecule has 0 saturated heterocycles. The van der Waals surface area contributed by atoms with Gasteiger partial charge in [0.05, 0.1) is 13.3 Å². The van der Waals surface area contributed by atoms with E-state index in [4.69, 9.17) is 32.7 Å². The van der Waals surface area contributed by atoms with Crippen molar-refractivity contribution in [1.29, 1.82) is 0 Å². The Kier molecular flexibility index (Phi) is 6.44. The summed E-state index contributed by atoms with van der Waals surface area (Å²) in [6.07, 6.45) is 6.36. The van der Waals surface area contributed by atoms with Crippen molar-refractivity contribution in [3.8, 4) is 11.5 Å². The standard InChI is InChI=1S/C24H26Cl2N2O3/c1-24-10-4-3-5-18(24)22(24)23(29)28-27-13-15-6-9-20(21(11-15)30-2)31-14-16-7-8-17(25)12-19(16)26/h6-9,11-13,18,22H,3-5,10,14H2,1-2H3,(H,28,29)/b27-13+/t18-,22+,24-/m1/s1. The van der Waals surface area contributed by atoms with Crippen LogP contribution >= 0.6 is 23.2 Å². The Hall–Kier alpha value is -2.24. The number of halogens is 2. The van der Waals surface area contributed by atoms with E-state index in [1.807, 2.05) is 24.3 Å². The summed E-state index contributed by atoms with van der Waals surface area (Å²) in [5, 5.41) is 5.29. The summed E-state index contributed by atoms with van der Waals surface area (Å²) in [7, 11) is 1.58. The van der Waals surface area contributed by atoms with Crippen molar-refractivity contribution in [2.75, 3.05) is 7.11 Å². The van der Waals surface area contributed by atoms with Crippen LogP contribution in [0.5, 0.6) is 11.5 Å². The van der Waals surface area contributed by atoms with Crippen LogP contribution in [0.1, 0.15) is 43.7 Å². The number of nitrogens with zero attached hydrogens (tertiary/aromatic N) is 1. The molecule has 2 aliphatic rings. The fourth-order valence-corrected chi connectivity index (χ4v) is 5.23. The molecule has 0 aliphatic heterocycles. The van der Waals surface area contributed by atoms with Gasteiger partial charge in [-0.05, 0) is 60.1 Å². The lowest BCUT2D eigenvalue weighted by Crippen LogP contribution is -2.22. The summed E-state index contributed by atoms with van der Waals surface area (Å²) >= 11 is 12.1. The topological polar surface area (TPSA) is 59.9 Å². The van der Waals surface area contributed by atoms with E-state index in [9.17, 15) is 4.79 Å². The SMILES string of the molecule is COc1cc(/C=N/NC(=O)[C@@H]2[C@H]3CCCC[C@]32C)ccc1OCc1ccc(Cl)cc1Cl. The van der Waals surface area contributed by atoms with Crippen molar-refractivity contribution in [1.82, 2.24) is 5.43 Å². The largest absolute Gasteiger partial charge is 0.493 e. The van der Waals surface area contributed by atoms with Gasteiger partial charge in [0.1, 0.15) is 6.61 Å². The predicted octanol–water partition coefficient (Wildman–Crippen LogP) is 5.86. The minimum atomic E-state index is 0.0254. The van der Waals surface area contributed by atoms with Gasteiger partial charge in [0.15, 0.2) is 11.5 Å². The first-order valence-electron chi connectivity index (χ1n) is 10.5. The number of carbonyl (C=O) groups excluding carboxylic acids is 1. The molecule has 2 aliphatic carbocycles. The van der Waals surface area contributed by atoms with Crippen LogP contribution in [0.2, 0.25) is 10.0 Å². The van der Waals surface area contributed by atoms with Crippen LogP contribution < -0.4 is 14.9 Å². The van der Waals surface area contributed by atoms with Crippen molar-refractivity contribution in [2.45, 2.75) is 39.2 Å². The Labute approximate surface area is 192 Å². The minimum Gasteiger partial charge on any atom is -0.493 e. The highest BCUT2D eigenvalue weighted by atomic mass is 35.5. The summed E-state index contributed by atoms with van der Waals surface area (Å²) in [4.78, 5) is 12.5. The quantitative estimate of drug-likeness (QED) is 0.415. The lowest BCUT2D eigenvalue weighted by atomic mass is 9.90. The number of amides is 1. The van der Waals surface area contributed by atoms with Gasteiger partial charge in [-0.3, -0.25) is 4.79 Å². The highest BCUT2D eigenvalue weighted by Gasteiger charge is 2.64. The van der Waals surface area contributed by atoms with Gasteiger partial charge >= 0.3 is 0 Å². The molecule has 1 N–H and O–H groups in total. The monoisotopic (exact) mass is 460 g/mol. The second-order valence-corrected chi connectivity index (χ2v) is 9.35. The molecule has 5 nitrogen and oxygen atoms in total. The van der Waals surface area contributed by atoms with Crippen LogP contribution in [0.15, 0.2) is 41.5 Å². The fourth-order valence-electron chi connectivity index (χ4n) is 4.77. The third-order valence-electron chi connectivity index (χ3n) is 6.59. The molecule has 0 heterocycles. The Bertz CT molecular complexity index is 1010. The summed E-state index contributed by atoms with van der Waals surface area (Å²) < 4.78 is 11.3. The van der Waals surface area contributed by atoms with Gasteiger partial charge in [0.25, 0.3) is 0 Å². The third-order valence-corrected chi connectivity index (χ3v) is 7.18. The molecule has 2 saturated carbocycles. The number of hydrazone groups is 1. The maximum absolute atomic E-state index is 12.5. The number of nitrogens with one attached hydrogen (secondary N) is 1. The molecule has 4 rings (SSSR count). The number of ether oxygens (including phenoxy) is 2. The Balaban J connectivity index is 1.36. The number of methoxy groups -OCH3 is 1. The molecule has 0 aromatic heterocycles. The summed E-state index contributed by atoms with van der Waals surface area (Å²) in [5.41, 5.74) is 4.52. The van der Waals surface area contributed by atoms with Crippen LogP contribution in [0, 0.1) is 17.3 Å². The highest BCUT2D eigenvalue weighted by Crippen LogP contribution is 2.66. The second kappa shape index (κ2) is 9.09. The molecule has 7 heteroatoms. The van der Waals surface area contributed by atoms with E-state index in [1.165, 1.54) is 12.8 Å². The van der Waals surface area contributed by atoms with Gasteiger partial charge in [-0.15, -0.1) is 0 Å². The maximum atomic E-state index is 12.5. The Morgan fingerprint density at radius 1 is 1.23 bits per heavy atom. The zero-order valence-corrected chi connectivity index (χ0v) is 19.2. The van der Waals surface area contributed by atoms with E-state index in [0.717, 1.165) is 24.0 Å². The first-order chi connectivity index (χ1) is 14.9. The number of fused-ring (bicyclic) bond motifs is 1. The first kappa shape index (κ1) is 22.0. The molecule has 2 aromatic rings. The summed E-state index contributed by atoms with van der Waals surface area (Å²) in [5.74, 6) is 1.79. The third kappa shape index (κ3) is 4.68. The van der Waals surface area contributed by atoms with Crippen molar-refractivity contribution in [3.63, 3.8) is 0 Å². The molecule has 0 radical (unpaired) electrons. The molecular formula is C24H26Cl2N2O3. The molecule has 0 unspecified atom stereocenters. The van der Waals surface area contributed by atoms with E-state index in [0.29, 0.717) is 27.5 Å². The zero-order chi connectivity index (χ0) is 22.0. The second-order valence-electron chi connectivity index (χ2n) is 8.50.